The number of hydrogen-bond donors (Lipinski definition) is 2. The van der Waals surface area contributed by atoms with E-state index in [9.17, 15) is 14.4 Å². The summed E-state index contributed by atoms with van der Waals surface area (Å²) >= 11 is 12.8. The Labute approximate surface area is 147 Å². The van der Waals surface area contributed by atoms with Crippen LogP contribution in [0.25, 0.3) is 0 Å². The minimum absolute atomic E-state index is 0.00283. The summed E-state index contributed by atoms with van der Waals surface area (Å²) in [5, 5.41) is 11.9. The van der Waals surface area contributed by atoms with Crippen LogP contribution in [0.2, 0.25) is 10.0 Å². The Morgan fingerprint density at radius 2 is 2.04 bits per heavy atom. The summed E-state index contributed by atoms with van der Waals surface area (Å²) < 4.78 is 0. The zero-order chi connectivity index (χ0) is 17.0. The van der Waals surface area contributed by atoms with E-state index in [0.29, 0.717) is 28.7 Å². The van der Waals surface area contributed by atoms with Gasteiger partial charge >= 0.3 is 5.97 Å². The average molecular weight is 377 g/mol. The van der Waals surface area contributed by atoms with Crippen molar-refractivity contribution in [2.45, 2.75) is 12.5 Å². The summed E-state index contributed by atoms with van der Waals surface area (Å²) in [6.45, 7) is 0.462. The molecule has 6 nitrogen and oxygen atoms in total. The highest BCUT2D eigenvalue weighted by Gasteiger charge is 2.33. The van der Waals surface area contributed by atoms with Crippen molar-refractivity contribution in [2.75, 3.05) is 23.0 Å². The van der Waals surface area contributed by atoms with E-state index in [2.05, 4.69) is 5.32 Å². The van der Waals surface area contributed by atoms with Crippen molar-refractivity contribution in [2.24, 2.45) is 0 Å². The quantitative estimate of drug-likeness (QED) is 0.792. The molecule has 0 radical (unpaired) electrons. The van der Waals surface area contributed by atoms with Gasteiger partial charge in [0, 0.05) is 12.2 Å². The number of carbonyl (C=O) groups is 3. The van der Waals surface area contributed by atoms with Gasteiger partial charge in [-0.05, 0) is 24.6 Å². The van der Waals surface area contributed by atoms with Crippen LogP contribution < -0.4 is 10.2 Å². The molecule has 0 aliphatic carbocycles. The zero-order valence-corrected chi connectivity index (χ0v) is 14.2. The van der Waals surface area contributed by atoms with Crippen LogP contribution in [0.4, 0.5) is 5.69 Å². The lowest BCUT2D eigenvalue weighted by Gasteiger charge is -2.17. The first-order chi connectivity index (χ1) is 10.9. The highest BCUT2D eigenvalue weighted by atomic mass is 35.5. The van der Waals surface area contributed by atoms with E-state index in [1.807, 2.05) is 0 Å². The lowest BCUT2D eigenvalue weighted by atomic mass is 10.2. The molecule has 2 N–H and O–H groups in total. The topological polar surface area (TPSA) is 86.7 Å². The van der Waals surface area contributed by atoms with Gasteiger partial charge in [0.25, 0.3) is 0 Å². The smallest absolute Gasteiger partial charge is 0.313 e. The second-order valence-electron chi connectivity index (χ2n) is 4.88. The van der Waals surface area contributed by atoms with Crippen molar-refractivity contribution < 1.29 is 19.5 Å². The molecule has 124 valence electrons. The molecule has 1 unspecified atom stereocenters. The third-order valence-electron chi connectivity index (χ3n) is 3.21. The summed E-state index contributed by atoms with van der Waals surface area (Å²) in [6.07, 6.45) is 0.481. The van der Waals surface area contributed by atoms with Gasteiger partial charge in [-0.2, -0.15) is 0 Å². The molecule has 1 aromatic rings. The van der Waals surface area contributed by atoms with E-state index in [1.165, 1.54) is 4.90 Å². The third kappa shape index (κ3) is 4.76. The number of anilines is 1. The number of nitrogens with one attached hydrogen (secondary N) is 1. The van der Waals surface area contributed by atoms with Gasteiger partial charge in [0.05, 0.1) is 21.6 Å². The lowest BCUT2D eigenvalue weighted by molar-refractivity contribution is -0.133. The van der Waals surface area contributed by atoms with E-state index in [0.717, 1.165) is 11.8 Å². The van der Waals surface area contributed by atoms with Crippen LogP contribution in [0.3, 0.4) is 0 Å². The summed E-state index contributed by atoms with van der Waals surface area (Å²) in [5.74, 6) is -1.71. The second kappa shape index (κ2) is 7.90. The molecule has 1 fully saturated rings. The van der Waals surface area contributed by atoms with Crippen LogP contribution in [-0.2, 0) is 14.4 Å². The number of thioether (sulfide) groups is 1. The maximum absolute atomic E-state index is 12.4. The predicted molar refractivity (Wildman–Crippen MR) is 90.3 cm³/mol. The first-order valence-corrected chi connectivity index (χ1v) is 8.65. The second-order valence-corrected chi connectivity index (χ2v) is 6.68. The van der Waals surface area contributed by atoms with E-state index < -0.39 is 12.0 Å². The van der Waals surface area contributed by atoms with Crippen LogP contribution in [0.15, 0.2) is 18.2 Å². The molecule has 9 heteroatoms. The van der Waals surface area contributed by atoms with Gasteiger partial charge in [-0.1, -0.05) is 23.2 Å². The zero-order valence-electron chi connectivity index (χ0n) is 11.9. The highest BCUT2D eigenvalue weighted by Crippen LogP contribution is 2.29. The van der Waals surface area contributed by atoms with Gasteiger partial charge in [-0.25, -0.2) is 0 Å². The molecule has 1 aliphatic heterocycles. The molecule has 2 amide bonds. The average Bonchev–Trinajstić information content (AvgIpc) is 2.83. The standard InChI is InChI=1S/C14H14Cl2N2O4S/c15-9-2-1-8(5-10(9)16)18-4-3-11(14(18)22)17-12(19)6-23-7-13(20)21/h1-2,5,11H,3-4,6-7H2,(H,17,19)(H,20,21). The molecule has 0 bridgehead atoms. The molecule has 0 aromatic heterocycles. The fraction of sp³-hybridized carbons (Fsp3) is 0.357. The van der Waals surface area contributed by atoms with Gasteiger partial charge in [0.15, 0.2) is 0 Å². The van der Waals surface area contributed by atoms with Crippen LogP contribution >= 0.6 is 35.0 Å². The molecular weight excluding hydrogens is 363 g/mol. The van der Waals surface area contributed by atoms with Crippen molar-refractivity contribution in [1.82, 2.24) is 5.32 Å². The Bertz CT molecular complexity index is 641. The number of benzene rings is 1. The van der Waals surface area contributed by atoms with E-state index in [-0.39, 0.29) is 23.3 Å². The molecule has 0 saturated carbocycles. The summed E-state index contributed by atoms with van der Waals surface area (Å²) in [7, 11) is 0. The maximum atomic E-state index is 12.4. The number of rotatable bonds is 6. The lowest BCUT2D eigenvalue weighted by Crippen LogP contribution is -2.42. The Kier molecular flexibility index (Phi) is 6.15. The molecule has 23 heavy (non-hydrogen) atoms. The molecule has 1 aliphatic rings. The fourth-order valence-corrected chi connectivity index (χ4v) is 3.03. The summed E-state index contributed by atoms with van der Waals surface area (Å²) in [4.78, 5) is 36.0. The minimum Gasteiger partial charge on any atom is -0.481 e. The Morgan fingerprint density at radius 3 is 2.70 bits per heavy atom. The van der Waals surface area contributed by atoms with E-state index in [4.69, 9.17) is 28.3 Å². The van der Waals surface area contributed by atoms with Crippen LogP contribution in [0.1, 0.15) is 6.42 Å². The summed E-state index contributed by atoms with van der Waals surface area (Å²) in [6, 6.07) is 4.30. The summed E-state index contributed by atoms with van der Waals surface area (Å²) in [5.41, 5.74) is 0.626. The number of halogens is 2. The van der Waals surface area contributed by atoms with Crippen molar-refractivity contribution in [3.63, 3.8) is 0 Å². The van der Waals surface area contributed by atoms with Gasteiger partial charge in [0.2, 0.25) is 11.8 Å². The van der Waals surface area contributed by atoms with Crippen LogP contribution in [-0.4, -0.2) is 47.0 Å². The molecule has 0 spiro atoms. The normalized spacial score (nSPS) is 17.4. The predicted octanol–water partition coefficient (Wildman–Crippen LogP) is 2.03. The molecule has 1 saturated heterocycles. The molecule has 1 aromatic carbocycles. The fourth-order valence-electron chi connectivity index (χ4n) is 2.19. The van der Waals surface area contributed by atoms with Gasteiger partial charge in [-0.15, -0.1) is 11.8 Å². The largest absolute Gasteiger partial charge is 0.481 e. The monoisotopic (exact) mass is 376 g/mol. The van der Waals surface area contributed by atoms with Crippen LogP contribution in [0.5, 0.6) is 0 Å². The van der Waals surface area contributed by atoms with Crippen molar-refractivity contribution in [1.29, 1.82) is 0 Å². The van der Waals surface area contributed by atoms with Crippen molar-refractivity contribution >= 4 is 58.4 Å². The molecule has 1 atom stereocenters. The number of amides is 2. The van der Waals surface area contributed by atoms with E-state index >= 15 is 0 Å². The number of nitrogens with zero attached hydrogens (tertiary/aromatic N) is 1. The number of aliphatic carboxylic acids is 1. The SMILES string of the molecule is O=C(O)CSCC(=O)NC1CCN(c2ccc(Cl)c(Cl)c2)C1=O. The Hall–Kier alpha value is -1.44. The van der Waals surface area contributed by atoms with Gasteiger partial charge in [0.1, 0.15) is 6.04 Å². The first kappa shape index (κ1) is 17.9. The van der Waals surface area contributed by atoms with Gasteiger partial charge in [-0.3, -0.25) is 14.4 Å². The molecule has 2 rings (SSSR count). The molecular formula is C14H14Cl2N2O4S. The van der Waals surface area contributed by atoms with Crippen molar-refractivity contribution in [3.8, 4) is 0 Å². The number of hydrogen-bond acceptors (Lipinski definition) is 4. The van der Waals surface area contributed by atoms with E-state index in [1.54, 1.807) is 18.2 Å². The first-order valence-electron chi connectivity index (χ1n) is 6.74. The number of carboxylic acid groups (broad SMARTS) is 1. The number of carboxylic acids is 1. The Balaban J connectivity index is 1.92. The highest BCUT2D eigenvalue weighted by molar-refractivity contribution is 8.00. The van der Waals surface area contributed by atoms with Crippen LogP contribution in [0, 0.1) is 0 Å². The Morgan fingerprint density at radius 1 is 1.30 bits per heavy atom. The molecule has 1 heterocycles. The maximum Gasteiger partial charge on any atom is 0.313 e. The minimum atomic E-state index is -0.981. The van der Waals surface area contributed by atoms with Gasteiger partial charge < -0.3 is 15.3 Å². The number of carbonyl (C=O) groups excluding carboxylic acids is 2. The third-order valence-corrected chi connectivity index (χ3v) is 4.87. The van der Waals surface area contributed by atoms with Crippen molar-refractivity contribution in [3.05, 3.63) is 28.2 Å².